The Morgan fingerprint density at radius 2 is 1.20 bits per heavy atom. The Hall–Kier alpha value is -6.68. The first-order chi connectivity index (χ1) is 34.3. The van der Waals surface area contributed by atoms with E-state index in [1.807, 2.05) is 80.2 Å². The number of benzene rings is 4. The van der Waals surface area contributed by atoms with E-state index in [4.69, 9.17) is 33.4 Å². The number of nitrogens with one attached hydrogen (secondary N) is 2. The van der Waals surface area contributed by atoms with Crippen LogP contribution in [0.2, 0.25) is 0 Å². The zero-order chi connectivity index (χ0) is 49.3. The molecule has 0 bridgehead atoms. The highest BCUT2D eigenvalue weighted by Gasteiger charge is 2.38. The van der Waals surface area contributed by atoms with Crippen LogP contribution in [0.25, 0.3) is 21.5 Å². The van der Waals surface area contributed by atoms with E-state index in [0.29, 0.717) is 83.8 Å². The van der Waals surface area contributed by atoms with Crippen molar-refractivity contribution < 1.29 is 38.0 Å². The molecule has 15 nitrogen and oxygen atoms in total. The molecule has 7 heterocycles. The third-order valence-electron chi connectivity index (χ3n) is 13.9. The molecule has 5 aliphatic heterocycles. The normalized spacial score (nSPS) is 19.5. The molecule has 15 heteroatoms. The van der Waals surface area contributed by atoms with E-state index in [1.54, 1.807) is 38.5 Å². The number of ether oxygens (including phenoxy) is 6. The number of pyridine rings is 2. The molecule has 4 aromatic carbocycles. The summed E-state index contributed by atoms with van der Waals surface area (Å²) in [6, 6.07) is 28.1. The third kappa shape index (κ3) is 10.8. The Balaban J connectivity index is 0.000000166. The topological polar surface area (TPSA) is 149 Å². The van der Waals surface area contributed by atoms with Gasteiger partial charge in [0.15, 0.2) is 23.0 Å². The number of carbonyl (C=O) groups excluding carboxylic acids is 2. The second kappa shape index (κ2) is 20.2. The lowest BCUT2D eigenvalue weighted by Crippen LogP contribution is -2.51. The molecule has 2 atom stereocenters. The summed E-state index contributed by atoms with van der Waals surface area (Å²) < 4.78 is 34.8. The predicted molar refractivity (Wildman–Crippen MR) is 272 cm³/mol. The first kappa shape index (κ1) is 48.0. The van der Waals surface area contributed by atoms with Gasteiger partial charge in [0, 0.05) is 107 Å². The highest BCUT2D eigenvalue weighted by atomic mass is 16.7. The smallest absolute Gasteiger partial charge is 0.254 e. The quantitative estimate of drug-likeness (QED) is 0.108. The molecule has 0 aliphatic carbocycles. The number of fused-ring (bicyclic) bond motifs is 4. The van der Waals surface area contributed by atoms with Crippen LogP contribution in [0.4, 0.5) is 0 Å². The van der Waals surface area contributed by atoms with Crippen LogP contribution in [0.15, 0.2) is 97.3 Å². The maximum Gasteiger partial charge on any atom is 0.254 e. The number of aromatic nitrogens is 2. The standard InChI is InChI=1S/C30H36N4O4.C26H29N3O4/c1-30(2)37-27-13-23(12-26(36-3)28(27)38-30)29(35)34(18-24-11-21-7-4-5-8-22(21)16-32-24)19-25-9-6-10-33(25)17-20-14-31-15-20;1-26(2)32-23-13-19(12-22(31-3)24(23)33-26)25(30)29(15-20-9-6-10-27-20)16-21-11-17-7-4-5-8-18(17)14-28-21/h4-5,7-8,11-13,16,20,25,31H,6,9-10,14-15,17-19H2,1-3H3;4-5,7-8,11-14,20,27H,6,9-10,15-16H2,1-3H3/t25-;20-/m00/s1. The number of rotatable bonds is 14. The van der Waals surface area contributed by atoms with E-state index in [-0.39, 0.29) is 17.9 Å². The van der Waals surface area contributed by atoms with Gasteiger partial charge in [0.1, 0.15) is 0 Å². The van der Waals surface area contributed by atoms with Crippen molar-refractivity contribution in [1.82, 2.24) is 35.3 Å². The average molecular weight is 964 g/mol. The van der Waals surface area contributed by atoms with Crippen LogP contribution in [0.1, 0.15) is 85.5 Å². The summed E-state index contributed by atoms with van der Waals surface area (Å²) in [6.07, 6.45) is 8.18. The highest BCUT2D eigenvalue weighted by molar-refractivity contribution is 5.97. The first-order valence-corrected chi connectivity index (χ1v) is 24.9. The molecule has 0 unspecified atom stereocenters. The lowest BCUT2D eigenvalue weighted by Gasteiger charge is -2.36. The largest absolute Gasteiger partial charge is 0.493 e. The maximum absolute atomic E-state index is 14.1. The number of carbonyl (C=O) groups is 2. The van der Waals surface area contributed by atoms with Crippen molar-refractivity contribution in [1.29, 1.82) is 0 Å². The Morgan fingerprint density at radius 1 is 0.676 bits per heavy atom. The zero-order valence-corrected chi connectivity index (χ0v) is 41.7. The predicted octanol–water partition coefficient (Wildman–Crippen LogP) is 8.22. The van der Waals surface area contributed by atoms with Crippen molar-refractivity contribution in [2.75, 3.05) is 60.0 Å². The van der Waals surface area contributed by atoms with Gasteiger partial charge >= 0.3 is 0 Å². The molecule has 3 saturated heterocycles. The number of nitrogens with zero attached hydrogens (tertiary/aromatic N) is 5. The van der Waals surface area contributed by atoms with E-state index in [0.717, 1.165) is 91.3 Å². The number of hydrogen-bond acceptors (Lipinski definition) is 13. The fourth-order valence-corrected chi connectivity index (χ4v) is 10.3. The summed E-state index contributed by atoms with van der Waals surface area (Å²) in [4.78, 5) is 43.6. The number of amides is 2. The average Bonchev–Trinajstić information content (AvgIpc) is 4.16. The van der Waals surface area contributed by atoms with Gasteiger partial charge in [-0.25, -0.2) is 0 Å². The van der Waals surface area contributed by atoms with Crippen molar-refractivity contribution in [2.24, 2.45) is 5.92 Å². The Labute approximate surface area is 415 Å². The molecule has 372 valence electrons. The van der Waals surface area contributed by atoms with Crippen molar-refractivity contribution in [3.63, 3.8) is 0 Å². The van der Waals surface area contributed by atoms with Crippen LogP contribution in [-0.2, 0) is 13.1 Å². The van der Waals surface area contributed by atoms with Gasteiger partial charge in [-0.05, 0) is 91.9 Å². The summed E-state index contributed by atoms with van der Waals surface area (Å²) >= 11 is 0. The Morgan fingerprint density at radius 3 is 1.68 bits per heavy atom. The van der Waals surface area contributed by atoms with Crippen LogP contribution in [0.3, 0.4) is 0 Å². The van der Waals surface area contributed by atoms with Crippen LogP contribution in [0.5, 0.6) is 34.5 Å². The minimum absolute atomic E-state index is 0.0634. The molecular weight excluding hydrogens is 899 g/mol. The highest BCUT2D eigenvalue weighted by Crippen LogP contribution is 2.48. The summed E-state index contributed by atoms with van der Waals surface area (Å²) in [5, 5.41) is 11.3. The minimum atomic E-state index is -0.813. The summed E-state index contributed by atoms with van der Waals surface area (Å²) in [5.74, 6) is 2.03. The second-order valence-electron chi connectivity index (χ2n) is 20.2. The van der Waals surface area contributed by atoms with Gasteiger partial charge in [0.25, 0.3) is 11.8 Å². The summed E-state index contributed by atoms with van der Waals surface area (Å²) in [7, 11) is 3.15. The molecule has 0 saturated carbocycles. The third-order valence-corrected chi connectivity index (χ3v) is 13.9. The van der Waals surface area contributed by atoms with Crippen LogP contribution in [-0.4, -0.2) is 120 Å². The van der Waals surface area contributed by atoms with Crippen molar-refractivity contribution in [3.05, 3.63) is 120 Å². The van der Waals surface area contributed by atoms with Gasteiger partial charge in [0.05, 0.1) is 38.7 Å². The lowest BCUT2D eigenvalue weighted by molar-refractivity contribution is -0.0445. The molecule has 11 rings (SSSR count). The Kier molecular flexibility index (Phi) is 13.7. The molecule has 6 aromatic rings. The SMILES string of the molecule is COc1cc(C(=O)N(Cc2cc3ccccc3cn2)C[C@@H]2CCCN2)cc2c1OC(C)(C)O2.COc1cc(C(=O)N(Cc2cc3ccccc3cn2)C[C@@H]2CCCN2CC2CNC2)cc2c1OC(C)(C)O2. The molecule has 2 aromatic heterocycles. The molecule has 2 amide bonds. The maximum atomic E-state index is 14.1. The minimum Gasteiger partial charge on any atom is -0.493 e. The van der Waals surface area contributed by atoms with Gasteiger partial charge in [-0.1, -0.05) is 48.5 Å². The number of likely N-dealkylation sites (tertiary alicyclic amines) is 1. The Bertz CT molecular complexity index is 2920. The van der Waals surface area contributed by atoms with Crippen molar-refractivity contribution in [2.45, 2.75) is 90.1 Å². The van der Waals surface area contributed by atoms with Gasteiger partial charge in [-0.3, -0.25) is 24.5 Å². The lowest BCUT2D eigenvalue weighted by atomic mass is 10.0. The van der Waals surface area contributed by atoms with Crippen molar-refractivity contribution in [3.8, 4) is 34.5 Å². The van der Waals surface area contributed by atoms with Crippen LogP contribution >= 0.6 is 0 Å². The van der Waals surface area contributed by atoms with E-state index in [1.165, 1.54) is 0 Å². The molecule has 2 N–H and O–H groups in total. The first-order valence-electron chi connectivity index (χ1n) is 24.9. The molecule has 3 fully saturated rings. The van der Waals surface area contributed by atoms with Crippen LogP contribution in [0, 0.1) is 5.92 Å². The van der Waals surface area contributed by atoms with Crippen molar-refractivity contribution >= 4 is 33.4 Å². The molecule has 0 spiro atoms. The molecule has 5 aliphatic rings. The molecular formula is C56H65N7O8. The fraction of sp³-hybridized carbons (Fsp3) is 0.429. The van der Waals surface area contributed by atoms with Gasteiger partial charge in [-0.15, -0.1) is 0 Å². The second-order valence-corrected chi connectivity index (χ2v) is 20.2. The monoisotopic (exact) mass is 963 g/mol. The van der Waals surface area contributed by atoms with Gasteiger partial charge in [-0.2, -0.15) is 0 Å². The number of methoxy groups -OCH3 is 2. The van der Waals surface area contributed by atoms with E-state index >= 15 is 0 Å². The van der Waals surface area contributed by atoms with Crippen LogP contribution < -0.4 is 39.1 Å². The zero-order valence-electron chi connectivity index (χ0n) is 41.7. The molecule has 0 radical (unpaired) electrons. The van der Waals surface area contributed by atoms with Gasteiger partial charge in [0.2, 0.25) is 23.1 Å². The fourth-order valence-electron chi connectivity index (χ4n) is 10.3. The van der Waals surface area contributed by atoms with Gasteiger partial charge < -0.3 is 48.9 Å². The number of hydrogen-bond donors (Lipinski definition) is 2. The summed E-state index contributed by atoms with van der Waals surface area (Å²) in [6.45, 7) is 14.8. The van der Waals surface area contributed by atoms with E-state index in [2.05, 4.69) is 50.8 Å². The van der Waals surface area contributed by atoms with E-state index < -0.39 is 11.6 Å². The summed E-state index contributed by atoms with van der Waals surface area (Å²) in [5.41, 5.74) is 2.76. The van der Waals surface area contributed by atoms with E-state index in [9.17, 15) is 9.59 Å². The molecule has 71 heavy (non-hydrogen) atoms.